The Morgan fingerprint density at radius 2 is 2.50 bits per heavy atom. The fourth-order valence-corrected chi connectivity index (χ4v) is 2.19. The van der Waals surface area contributed by atoms with Crippen molar-refractivity contribution < 1.29 is 9.35 Å². The Kier molecular flexibility index (Phi) is 4.55. The summed E-state index contributed by atoms with van der Waals surface area (Å²) >= 11 is -1.04. The van der Waals surface area contributed by atoms with E-state index in [1.165, 1.54) is 0 Å². The fraction of sp³-hybridized carbons (Fsp3) is 0.444. The predicted octanol–water partition coefficient (Wildman–Crippen LogP) is 0.220. The minimum Gasteiger partial charge on any atom is -0.610 e. The lowest BCUT2D eigenvalue weighted by Gasteiger charge is -2.17. The molecule has 1 rings (SSSR count). The van der Waals surface area contributed by atoms with Crippen LogP contribution in [0.3, 0.4) is 0 Å². The van der Waals surface area contributed by atoms with Crippen molar-refractivity contribution in [2.24, 2.45) is 0 Å². The number of nitrogens with one attached hydrogen (secondary N) is 2. The van der Waals surface area contributed by atoms with Crippen molar-refractivity contribution in [3.63, 3.8) is 0 Å². The summed E-state index contributed by atoms with van der Waals surface area (Å²) in [6.45, 7) is 2.38. The van der Waals surface area contributed by atoms with E-state index in [1.807, 2.05) is 19.1 Å². The van der Waals surface area contributed by atoms with E-state index in [2.05, 4.69) is 10.6 Å². The van der Waals surface area contributed by atoms with Crippen LogP contribution in [0.15, 0.2) is 22.9 Å². The molecule has 1 aliphatic heterocycles. The van der Waals surface area contributed by atoms with Crippen molar-refractivity contribution in [2.75, 3.05) is 12.3 Å². The molecule has 78 valence electrons. The second-order valence-corrected chi connectivity index (χ2v) is 4.48. The van der Waals surface area contributed by atoms with Crippen LogP contribution in [0.5, 0.6) is 0 Å². The van der Waals surface area contributed by atoms with Gasteiger partial charge >= 0.3 is 0 Å². The summed E-state index contributed by atoms with van der Waals surface area (Å²) in [4.78, 5) is 9.97. The van der Waals surface area contributed by atoms with Crippen molar-refractivity contribution in [3.8, 4) is 0 Å². The second-order valence-electron chi connectivity index (χ2n) is 2.94. The lowest BCUT2D eigenvalue weighted by Crippen LogP contribution is -2.28. The summed E-state index contributed by atoms with van der Waals surface area (Å²) in [5, 5.41) is 6.28. The topological polar surface area (TPSA) is 64.2 Å². The summed E-state index contributed by atoms with van der Waals surface area (Å²) in [7, 11) is 0. The maximum Gasteiger partial charge on any atom is 0.219 e. The van der Waals surface area contributed by atoms with Gasteiger partial charge in [0, 0.05) is 16.9 Å². The third-order valence-electron chi connectivity index (χ3n) is 1.81. The van der Waals surface area contributed by atoms with Crippen molar-refractivity contribution >= 4 is 17.6 Å². The van der Waals surface area contributed by atoms with Gasteiger partial charge in [0.15, 0.2) is 0 Å². The van der Waals surface area contributed by atoms with E-state index in [9.17, 15) is 9.35 Å². The van der Waals surface area contributed by atoms with Crippen LogP contribution >= 0.6 is 0 Å². The molecular weight excluding hydrogens is 200 g/mol. The molecule has 0 saturated heterocycles. The highest BCUT2D eigenvalue weighted by Gasteiger charge is 2.15. The van der Waals surface area contributed by atoms with Gasteiger partial charge in [-0.05, 0) is 19.4 Å². The molecule has 0 aromatic rings. The number of amides is 1. The average molecular weight is 214 g/mol. The van der Waals surface area contributed by atoms with Gasteiger partial charge in [0.2, 0.25) is 11.4 Å². The van der Waals surface area contributed by atoms with Gasteiger partial charge in [-0.15, -0.1) is 0 Å². The summed E-state index contributed by atoms with van der Waals surface area (Å²) in [5.74, 6) is 0.449. The molecule has 0 aliphatic carbocycles. The average Bonchev–Trinajstić information content (AvgIpc) is 2.18. The van der Waals surface area contributed by atoms with Gasteiger partial charge < -0.3 is 15.2 Å². The molecule has 1 atom stereocenters. The Labute approximate surface area is 86.6 Å². The first-order valence-corrected chi connectivity index (χ1v) is 5.75. The van der Waals surface area contributed by atoms with E-state index in [1.54, 1.807) is 0 Å². The van der Waals surface area contributed by atoms with E-state index in [4.69, 9.17) is 0 Å². The molecule has 0 aromatic carbocycles. The number of carbonyl (C=O) groups is 1. The molecule has 2 N–H and O–H groups in total. The van der Waals surface area contributed by atoms with E-state index < -0.39 is 11.2 Å². The predicted molar refractivity (Wildman–Crippen MR) is 56.7 cm³/mol. The van der Waals surface area contributed by atoms with Crippen molar-refractivity contribution in [3.05, 3.63) is 22.9 Å². The Morgan fingerprint density at radius 1 is 1.71 bits per heavy atom. The number of rotatable bonds is 5. The maximum atomic E-state index is 11.6. The SMILES string of the molecule is CC1=CCC=C([S+]([O-])CCNC=O)N1. The molecule has 0 aromatic heterocycles. The van der Waals surface area contributed by atoms with Gasteiger partial charge in [0.05, 0.1) is 6.54 Å². The highest BCUT2D eigenvalue weighted by molar-refractivity contribution is 7.95. The third kappa shape index (κ3) is 3.43. The monoisotopic (exact) mass is 214 g/mol. The summed E-state index contributed by atoms with van der Waals surface area (Å²) in [6.07, 6.45) is 5.38. The molecule has 0 fully saturated rings. The lowest BCUT2D eigenvalue weighted by atomic mass is 10.3. The molecule has 0 radical (unpaired) electrons. The van der Waals surface area contributed by atoms with Crippen LogP contribution in [0.2, 0.25) is 0 Å². The van der Waals surface area contributed by atoms with Gasteiger partial charge in [-0.2, -0.15) is 0 Å². The van der Waals surface area contributed by atoms with Crippen LogP contribution in [0.4, 0.5) is 0 Å². The van der Waals surface area contributed by atoms with Crippen LogP contribution in [0, 0.1) is 0 Å². The highest BCUT2D eigenvalue weighted by atomic mass is 32.2. The highest BCUT2D eigenvalue weighted by Crippen LogP contribution is 2.12. The summed E-state index contributed by atoms with van der Waals surface area (Å²) in [5.41, 5.74) is 1.03. The smallest absolute Gasteiger partial charge is 0.219 e. The molecule has 5 heteroatoms. The zero-order chi connectivity index (χ0) is 10.4. The molecule has 0 spiro atoms. The van der Waals surface area contributed by atoms with Gasteiger partial charge in [0.1, 0.15) is 5.75 Å². The van der Waals surface area contributed by atoms with Gasteiger partial charge in [-0.25, -0.2) is 0 Å². The second kappa shape index (κ2) is 5.72. The quantitative estimate of drug-likeness (QED) is 0.391. The molecule has 0 bridgehead atoms. The molecule has 0 saturated carbocycles. The molecule has 1 heterocycles. The van der Waals surface area contributed by atoms with Crippen molar-refractivity contribution in [1.82, 2.24) is 10.6 Å². The Hall–Kier alpha value is -0.940. The lowest BCUT2D eigenvalue weighted by molar-refractivity contribution is -0.109. The molecule has 4 nitrogen and oxygen atoms in total. The summed E-state index contributed by atoms with van der Waals surface area (Å²) < 4.78 is 11.6. The van der Waals surface area contributed by atoms with Gasteiger partial charge in [-0.3, -0.25) is 4.79 Å². The van der Waals surface area contributed by atoms with Gasteiger partial charge in [0.25, 0.3) is 0 Å². The minimum atomic E-state index is -1.04. The zero-order valence-corrected chi connectivity index (χ0v) is 8.89. The molecule has 14 heavy (non-hydrogen) atoms. The molecule has 1 aliphatic rings. The van der Waals surface area contributed by atoms with E-state index in [0.29, 0.717) is 18.7 Å². The Morgan fingerprint density at radius 3 is 3.14 bits per heavy atom. The fourth-order valence-electron chi connectivity index (χ4n) is 1.11. The molecule has 1 amide bonds. The standard InChI is InChI=1S/C9H14N2O2S/c1-8-3-2-4-9(11-8)14(13)6-5-10-7-12/h3-4,7,11H,2,5-6H2,1H3,(H,10,12). The normalized spacial score (nSPS) is 17.6. The van der Waals surface area contributed by atoms with Crippen molar-refractivity contribution in [2.45, 2.75) is 13.3 Å². The number of carbonyl (C=O) groups excluding carboxylic acids is 1. The molecule has 1 unspecified atom stereocenters. The number of allylic oxidation sites excluding steroid dienone is 3. The Balaban J connectivity index is 2.33. The number of hydrogen-bond acceptors (Lipinski definition) is 3. The van der Waals surface area contributed by atoms with E-state index >= 15 is 0 Å². The zero-order valence-electron chi connectivity index (χ0n) is 8.08. The third-order valence-corrected chi connectivity index (χ3v) is 3.14. The first-order valence-electron chi connectivity index (χ1n) is 4.43. The van der Waals surface area contributed by atoms with E-state index in [-0.39, 0.29) is 0 Å². The van der Waals surface area contributed by atoms with Crippen LogP contribution < -0.4 is 10.6 Å². The first kappa shape index (κ1) is 11.1. The number of hydrogen-bond donors (Lipinski definition) is 2. The first-order chi connectivity index (χ1) is 6.74. The van der Waals surface area contributed by atoms with Crippen LogP contribution in [0.25, 0.3) is 0 Å². The Bertz CT molecular complexity index is 264. The largest absolute Gasteiger partial charge is 0.610 e. The van der Waals surface area contributed by atoms with Gasteiger partial charge in [-0.1, -0.05) is 6.08 Å². The summed E-state index contributed by atoms with van der Waals surface area (Å²) in [6, 6.07) is 0. The van der Waals surface area contributed by atoms with Crippen LogP contribution in [-0.2, 0) is 16.0 Å². The van der Waals surface area contributed by atoms with Crippen molar-refractivity contribution in [1.29, 1.82) is 0 Å². The number of dihydropyridines is 1. The van der Waals surface area contributed by atoms with Crippen LogP contribution in [-0.4, -0.2) is 23.3 Å². The molecular formula is C9H14N2O2S. The maximum absolute atomic E-state index is 11.6. The van der Waals surface area contributed by atoms with E-state index in [0.717, 1.165) is 17.1 Å². The van der Waals surface area contributed by atoms with Crippen LogP contribution in [0.1, 0.15) is 13.3 Å². The minimum absolute atomic E-state index is 0.442.